The van der Waals surface area contributed by atoms with Crippen LogP contribution in [0.1, 0.15) is 10.5 Å². The molecule has 3 rings (SSSR count). The van der Waals surface area contributed by atoms with Gasteiger partial charge in [-0.3, -0.25) is 9.78 Å². The Hall–Kier alpha value is -2.76. The lowest BCUT2D eigenvalue weighted by atomic mass is 10.2. The summed E-state index contributed by atoms with van der Waals surface area (Å²) in [5.74, 6) is -0.0719. The second-order valence-corrected chi connectivity index (χ2v) is 6.16. The molecule has 0 unspecified atom stereocenters. The minimum absolute atomic E-state index is 0.0719. The van der Waals surface area contributed by atoms with Crippen LogP contribution >= 0.6 is 0 Å². The van der Waals surface area contributed by atoms with Crippen molar-refractivity contribution in [2.24, 2.45) is 0 Å². The van der Waals surface area contributed by atoms with Crippen molar-refractivity contribution in [3.05, 3.63) is 48.3 Å². The molecule has 24 heavy (non-hydrogen) atoms. The Morgan fingerprint density at radius 3 is 2.17 bits per heavy atom. The zero-order valence-corrected chi connectivity index (χ0v) is 14.1. The Labute approximate surface area is 142 Å². The standard InChI is InChI=1S/C18H23N5O/c1-21(2)18(24)17-13-16(7-8-20-17)23-11-9-22(10-12-23)15-5-3-14(19)4-6-15/h3-8,13H,9-12,19H2,1-2H3. The number of piperazine rings is 1. The SMILES string of the molecule is CN(C)C(=O)c1cc(N2CCN(c3ccc(N)cc3)CC2)ccn1. The zero-order chi connectivity index (χ0) is 17.1. The van der Waals surface area contributed by atoms with E-state index in [4.69, 9.17) is 5.73 Å². The highest BCUT2D eigenvalue weighted by molar-refractivity contribution is 5.92. The molecule has 6 nitrogen and oxygen atoms in total. The number of pyridine rings is 1. The molecule has 2 N–H and O–H groups in total. The van der Waals surface area contributed by atoms with Crippen molar-refractivity contribution in [3.8, 4) is 0 Å². The predicted octanol–water partition coefficient (Wildman–Crippen LogP) is 1.69. The third-order valence-electron chi connectivity index (χ3n) is 4.27. The van der Waals surface area contributed by atoms with Crippen molar-refractivity contribution < 1.29 is 4.79 Å². The maximum Gasteiger partial charge on any atom is 0.272 e. The molecule has 0 bridgehead atoms. The van der Waals surface area contributed by atoms with Gasteiger partial charge in [0.1, 0.15) is 5.69 Å². The molecule has 6 heteroatoms. The molecule has 1 aromatic heterocycles. The number of anilines is 3. The molecular formula is C18H23N5O. The van der Waals surface area contributed by atoms with E-state index in [0.29, 0.717) is 5.69 Å². The summed E-state index contributed by atoms with van der Waals surface area (Å²) in [6.45, 7) is 3.68. The summed E-state index contributed by atoms with van der Waals surface area (Å²) in [6.07, 6.45) is 1.71. The van der Waals surface area contributed by atoms with Crippen molar-refractivity contribution in [2.45, 2.75) is 0 Å². The average Bonchev–Trinajstić information content (AvgIpc) is 2.62. The third kappa shape index (κ3) is 3.42. The molecule has 1 fully saturated rings. The molecule has 0 spiro atoms. The summed E-state index contributed by atoms with van der Waals surface area (Å²) in [6, 6.07) is 11.8. The maximum absolute atomic E-state index is 12.1. The minimum atomic E-state index is -0.0719. The minimum Gasteiger partial charge on any atom is -0.399 e. The quantitative estimate of drug-likeness (QED) is 0.870. The van der Waals surface area contributed by atoms with Gasteiger partial charge < -0.3 is 20.4 Å². The number of carbonyl (C=O) groups excluding carboxylic acids is 1. The van der Waals surface area contributed by atoms with E-state index in [0.717, 1.165) is 37.6 Å². The van der Waals surface area contributed by atoms with Gasteiger partial charge in [0, 0.05) is 63.5 Å². The Balaban J connectivity index is 1.67. The Morgan fingerprint density at radius 1 is 1.00 bits per heavy atom. The summed E-state index contributed by atoms with van der Waals surface area (Å²) >= 11 is 0. The number of nitrogens with two attached hydrogens (primary N) is 1. The van der Waals surface area contributed by atoms with Gasteiger partial charge in [-0.15, -0.1) is 0 Å². The molecule has 0 radical (unpaired) electrons. The van der Waals surface area contributed by atoms with Crippen molar-refractivity contribution in [3.63, 3.8) is 0 Å². The molecule has 126 valence electrons. The number of aromatic nitrogens is 1. The summed E-state index contributed by atoms with van der Waals surface area (Å²) in [7, 11) is 3.48. The number of benzene rings is 1. The molecule has 2 heterocycles. The van der Waals surface area contributed by atoms with Crippen molar-refractivity contribution in [2.75, 3.05) is 55.8 Å². The van der Waals surface area contributed by atoms with Gasteiger partial charge in [-0.1, -0.05) is 0 Å². The number of amides is 1. The van der Waals surface area contributed by atoms with E-state index >= 15 is 0 Å². The van der Waals surface area contributed by atoms with Crippen LogP contribution in [0.3, 0.4) is 0 Å². The van der Waals surface area contributed by atoms with Gasteiger partial charge in [0.05, 0.1) is 0 Å². The first-order valence-electron chi connectivity index (χ1n) is 8.08. The Bertz CT molecular complexity index is 706. The van der Waals surface area contributed by atoms with Gasteiger partial charge in [-0.05, 0) is 36.4 Å². The van der Waals surface area contributed by atoms with Gasteiger partial charge >= 0.3 is 0 Å². The monoisotopic (exact) mass is 325 g/mol. The van der Waals surface area contributed by atoms with Crippen LogP contribution in [-0.4, -0.2) is 56.1 Å². The normalized spacial score (nSPS) is 14.6. The van der Waals surface area contributed by atoms with Crippen LogP contribution in [0.25, 0.3) is 0 Å². The molecule has 0 aliphatic carbocycles. The van der Waals surface area contributed by atoms with Crippen molar-refractivity contribution in [1.82, 2.24) is 9.88 Å². The smallest absolute Gasteiger partial charge is 0.272 e. The fraction of sp³-hybridized carbons (Fsp3) is 0.333. The molecular weight excluding hydrogens is 302 g/mol. The van der Waals surface area contributed by atoms with E-state index in [-0.39, 0.29) is 5.91 Å². The third-order valence-corrected chi connectivity index (χ3v) is 4.27. The Morgan fingerprint density at radius 2 is 1.58 bits per heavy atom. The van der Waals surface area contributed by atoms with Gasteiger partial charge in [0.2, 0.25) is 0 Å². The highest BCUT2D eigenvalue weighted by Crippen LogP contribution is 2.21. The maximum atomic E-state index is 12.1. The lowest BCUT2D eigenvalue weighted by Crippen LogP contribution is -2.46. The van der Waals surface area contributed by atoms with E-state index in [1.165, 1.54) is 5.69 Å². The molecule has 1 aliphatic heterocycles. The van der Waals surface area contributed by atoms with E-state index in [1.807, 2.05) is 24.3 Å². The molecule has 1 saturated heterocycles. The Kier molecular flexibility index (Phi) is 4.55. The number of rotatable bonds is 3. The molecule has 1 amide bonds. The topological polar surface area (TPSA) is 65.7 Å². The van der Waals surface area contributed by atoms with E-state index in [9.17, 15) is 4.79 Å². The van der Waals surface area contributed by atoms with Crippen LogP contribution in [-0.2, 0) is 0 Å². The summed E-state index contributed by atoms with van der Waals surface area (Å²) < 4.78 is 0. The van der Waals surface area contributed by atoms with Crippen LogP contribution in [0.2, 0.25) is 0 Å². The predicted molar refractivity (Wildman–Crippen MR) is 97.5 cm³/mol. The molecule has 0 saturated carbocycles. The fourth-order valence-corrected chi connectivity index (χ4v) is 2.87. The number of hydrogen-bond donors (Lipinski definition) is 1. The number of carbonyl (C=O) groups is 1. The first kappa shape index (κ1) is 16.1. The van der Waals surface area contributed by atoms with Gasteiger partial charge in [-0.2, -0.15) is 0 Å². The van der Waals surface area contributed by atoms with Crippen LogP contribution in [0.5, 0.6) is 0 Å². The largest absolute Gasteiger partial charge is 0.399 e. The van der Waals surface area contributed by atoms with E-state index in [1.54, 1.807) is 25.2 Å². The van der Waals surface area contributed by atoms with Crippen LogP contribution in [0.4, 0.5) is 17.1 Å². The first-order chi connectivity index (χ1) is 11.5. The van der Waals surface area contributed by atoms with Crippen LogP contribution < -0.4 is 15.5 Å². The molecule has 1 aromatic carbocycles. The van der Waals surface area contributed by atoms with Crippen molar-refractivity contribution in [1.29, 1.82) is 0 Å². The summed E-state index contributed by atoms with van der Waals surface area (Å²) in [4.78, 5) is 22.4. The second kappa shape index (κ2) is 6.78. The number of nitrogen functional groups attached to an aromatic ring is 1. The molecule has 1 aliphatic rings. The lowest BCUT2D eigenvalue weighted by molar-refractivity contribution is 0.0822. The number of nitrogens with zero attached hydrogens (tertiary/aromatic N) is 4. The average molecular weight is 325 g/mol. The van der Waals surface area contributed by atoms with Crippen LogP contribution in [0.15, 0.2) is 42.6 Å². The van der Waals surface area contributed by atoms with Crippen molar-refractivity contribution >= 4 is 23.0 Å². The van der Waals surface area contributed by atoms with E-state index in [2.05, 4.69) is 26.9 Å². The second-order valence-electron chi connectivity index (χ2n) is 6.16. The first-order valence-corrected chi connectivity index (χ1v) is 8.08. The van der Waals surface area contributed by atoms with Gasteiger partial charge in [0.15, 0.2) is 0 Å². The van der Waals surface area contributed by atoms with Crippen LogP contribution in [0, 0.1) is 0 Å². The molecule has 2 aromatic rings. The summed E-state index contributed by atoms with van der Waals surface area (Å²) in [5.41, 5.74) is 9.26. The molecule has 0 atom stereocenters. The fourth-order valence-electron chi connectivity index (χ4n) is 2.87. The zero-order valence-electron chi connectivity index (χ0n) is 14.1. The van der Waals surface area contributed by atoms with Gasteiger partial charge in [-0.25, -0.2) is 0 Å². The summed E-state index contributed by atoms with van der Waals surface area (Å²) in [5, 5.41) is 0. The van der Waals surface area contributed by atoms with E-state index < -0.39 is 0 Å². The highest BCUT2D eigenvalue weighted by Gasteiger charge is 2.19. The lowest BCUT2D eigenvalue weighted by Gasteiger charge is -2.37. The van der Waals surface area contributed by atoms with Gasteiger partial charge in [0.25, 0.3) is 5.91 Å². The number of hydrogen-bond acceptors (Lipinski definition) is 5. The highest BCUT2D eigenvalue weighted by atomic mass is 16.2.